The fraction of sp³-hybridized carbons (Fsp3) is 0.600. The summed E-state index contributed by atoms with van der Waals surface area (Å²) < 4.78 is 41.5. The van der Waals surface area contributed by atoms with E-state index in [2.05, 4.69) is 9.64 Å². The molecule has 118 valence electrons. The van der Waals surface area contributed by atoms with Crippen molar-refractivity contribution in [2.45, 2.75) is 51.2 Å². The SMILES string of the molecule is CC(N)C1CCCCN1Cc1ccccc1OC(F)(F)F. The van der Waals surface area contributed by atoms with Gasteiger partial charge in [0, 0.05) is 24.2 Å². The Morgan fingerprint density at radius 2 is 2.05 bits per heavy atom. The third-order valence-electron chi connectivity index (χ3n) is 3.84. The fourth-order valence-electron chi connectivity index (χ4n) is 2.89. The molecule has 0 aliphatic carbocycles. The van der Waals surface area contributed by atoms with E-state index in [1.165, 1.54) is 6.07 Å². The molecule has 0 radical (unpaired) electrons. The largest absolute Gasteiger partial charge is 0.573 e. The van der Waals surface area contributed by atoms with E-state index in [1.807, 2.05) is 6.92 Å². The van der Waals surface area contributed by atoms with Crippen molar-refractivity contribution in [3.8, 4) is 5.75 Å². The second-order valence-corrected chi connectivity index (χ2v) is 5.55. The van der Waals surface area contributed by atoms with Crippen LogP contribution in [0.1, 0.15) is 31.7 Å². The highest BCUT2D eigenvalue weighted by Gasteiger charge is 2.33. The molecule has 1 aliphatic rings. The summed E-state index contributed by atoms with van der Waals surface area (Å²) in [6.45, 7) is 3.23. The molecule has 0 bridgehead atoms. The van der Waals surface area contributed by atoms with Gasteiger partial charge < -0.3 is 10.5 Å². The number of benzene rings is 1. The van der Waals surface area contributed by atoms with Crippen molar-refractivity contribution >= 4 is 0 Å². The summed E-state index contributed by atoms with van der Waals surface area (Å²) in [6.07, 6.45) is -1.52. The maximum Gasteiger partial charge on any atom is 0.573 e. The van der Waals surface area contributed by atoms with Crippen molar-refractivity contribution in [2.24, 2.45) is 5.73 Å². The number of alkyl halides is 3. The van der Waals surface area contributed by atoms with Gasteiger partial charge in [-0.1, -0.05) is 24.6 Å². The van der Waals surface area contributed by atoms with Crippen LogP contribution in [0, 0.1) is 0 Å². The van der Waals surface area contributed by atoms with E-state index < -0.39 is 6.36 Å². The molecule has 2 rings (SSSR count). The predicted octanol–water partition coefficient (Wildman–Crippen LogP) is 3.29. The van der Waals surface area contributed by atoms with Gasteiger partial charge in [-0.05, 0) is 32.4 Å². The van der Waals surface area contributed by atoms with Gasteiger partial charge in [0.25, 0.3) is 0 Å². The van der Waals surface area contributed by atoms with Crippen LogP contribution in [0.4, 0.5) is 13.2 Å². The van der Waals surface area contributed by atoms with Crippen LogP contribution in [-0.2, 0) is 6.54 Å². The molecule has 6 heteroatoms. The molecular weight excluding hydrogens is 281 g/mol. The van der Waals surface area contributed by atoms with Gasteiger partial charge in [0.1, 0.15) is 5.75 Å². The Hall–Kier alpha value is -1.27. The van der Waals surface area contributed by atoms with Crippen molar-refractivity contribution in [3.63, 3.8) is 0 Å². The molecule has 1 aromatic carbocycles. The molecule has 1 saturated heterocycles. The fourth-order valence-corrected chi connectivity index (χ4v) is 2.89. The van der Waals surface area contributed by atoms with Crippen molar-refractivity contribution in [1.82, 2.24) is 4.90 Å². The number of para-hydroxylation sites is 1. The van der Waals surface area contributed by atoms with E-state index in [0.717, 1.165) is 25.8 Å². The summed E-state index contributed by atoms with van der Waals surface area (Å²) >= 11 is 0. The van der Waals surface area contributed by atoms with E-state index in [0.29, 0.717) is 12.1 Å². The number of rotatable bonds is 4. The van der Waals surface area contributed by atoms with E-state index in [9.17, 15) is 13.2 Å². The van der Waals surface area contributed by atoms with Gasteiger partial charge in [-0.2, -0.15) is 0 Å². The Morgan fingerprint density at radius 1 is 1.33 bits per heavy atom. The van der Waals surface area contributed by atoms with E-state index in [1.54, 1.807) is 18.2 Å². The number of piperidine rings is 1. The maximum absolute atomic E-state index is 12.4. The van der Waals surface area contributed by atoms with Crippen LogP contribution in [0.5, 0.6) is 5.75 Å². The second-order valence-electron chi connectivity index (χ2n) is 5.55. The smallest absolute Gasteiger partial charge is 0.405 e. The van der Waals surface area contributed by atoms with Crippen LogP contribution in [0.15, 0.2) is 24.3 Å². The molecule has 2 atom stereocenters. The zero-order valence-corrected chi connectivity index (χ0v) is 12.1. The van der Waals surface area contributed by atoms with Crippen LogP contribution in [0.3, 0.4) is 0 Å². The third kappa shape index (κ3) is 4.61. The van der Waals surface area contributed by atoms with Gasteiger partial charge in [-0.3, -0.25) is 4.90 Å². The zero-order chi connectivity index (χ0) is 15.5. The van der Waals surface area contributed by atoms with E-state index in [-0.39, 0.29) is 17.8 Å². The number of halogens is 3. The van der Waals surface area contributed by atoms with Gasteiger partial charge in [0.15, 0.2) is 0 Å². The number of nitrogens with zero attached hydrogens (tertiary/aromatic N) is 1. The number of hydrogen-bond acceptors (Lipinski definition) is 3. The number of ether oxygens (including phenoxy) is 1. The summed E-state index contributed by atoms with van der Waals surface area (Å²) in [5, 5.41) is 0. The molecular formula is C15H21F3N2O. The van der Waals surface area contributed by atoms with Gasteiger partial charge in [-0.15, -0.1) is 13.2 Å². The minimum absolute atomic E-state index is 0.000923. The van der Waals surface area contributed by atoms with E-state index in [4.69, 9.17) is 5.73 Å². The Labute approximate surface area is 122 Å². The molecule has 2 unspecified atom stereocenters. The molecule has 0 aromatic heterocycles. The zero-order valence-electron chi connectivity index (χ0n) is 12.1. The second kappa shape index (κ2) is 6.66. The van der Waals surface area contributed by atoms with Gasteiger partial charge in [0.05, 0.1) is 0 Å². The first-order valence-corrected chi connectivity index (χ1v) is 7.20. The highest BCUT2D eigenvalue weighted by molar-refractivity contribution is 5.33. The molecule has 3 nitrogen and oxygen atoms in total. The summed E-state index contributed by atoms with van der Waals surface area (Å²) in [5.74, 6) is -0.126. The number of hydrogen-bond donors (Lipinski definition) is 1. The first-order chi connectivity index (χ1) is 9.87. The molecule has 0 amide bonds. The summed E-state index contributed by atoms with van der Waals surface area (Å²) in [4.78, 5) is 2.16. The molecule has 0 spiro atoms. The van der Waals surface area contributed by atoms with Crippen LogP contribution in [0.2, 0.25) is 0 Å². The Kier molecular flexibility index (Phi) is 5.11. The lowest BCUT2D eigenvalue weighted by molar-refractivity contribution is -0.275. The van der Waals surface area contributed by atoms with Crippen molar-refractivity contribution in [3.05, 3.63) is 29.8 Å². The Bertz CT molecular complexity index is 462. The maximum atomic E-state index is 12.4. The molecule has 1 heterocycles. The highest BCUT2D eigenvalue weighted by atomic mass is 19.4. The molecule has 2 N–H and O–H groups in total. The minimum atomic E-state index is -4.67. The van der Waals surface area contributed by atoms with Crippen molar-refractivity contribution < 1.29 is 17.9 Å². The monoisotopic (exact) mass is 302 g/mol. The van der Waals surface area contributed by atoms with Crippen LogP contribution in [0.25, 0.3) is 0 Å². The first kappa shape index (κ1) is 16.1. The highest BCUT2D eigenvalue weighted by Crippen LogP contribution is 2.29. The average Bonchev–Trinajstić information content (AvgIpc) is 2.40. The Balaban J connectivity index is 2.14. The molecule has 1 fully saturated rings. The van der Waals surface area contributed by atoms with Gasteiger partial charge in [-0.25, -0.2) is 0 Å². The van der Waals surface area contributed by atoms with Crippen LogP contribution < -0.4 is 10.5 Å². The van der Waals surface area contributed by atoms with E-state index >= 15 is 0 Å². The molecule has 0 saturated carbocycles. The minimum Gasteiger partial charge on any atom is -0.405 e. The normalized spacial score (nSPS) is 22.0. The lowest BCUT2D eigenvalue weighted by atomic mass is 9.96. The first-order valence-electron chi connectivity index (χ1n) is 7.20. The quantitative estimate of drug-likeness (QED) is 0.927. The predicted molar refractivity (Wildman–Crippen MR) is 74.8 cm³/mol. The lowest BCUT2D eigenvalue weighted by Gasteiger charge is -2.38. The summed E-state index contributed by atoms with van der Waals surface area (Å²) in [7, 11) is 0. The van der Waals surface area contributed by atoms with Crippen molar-refractivity contribution in [1.29, 1.82) is 0 Å². The van der Waals surface area contributed by atoms with Gasteiger partial charge in [0.2, 0.25) is 0 Å². The van der Waals surface area contributed by atoms with Gasteiger partial charge >= 0.3 is 6.36 Å². The number of likely N-dealkylation sites (tertiary alicyclic amines) is 1. The van der Waals surface area contributed by atoms with Crippen LogP contribution >= 0.6 is 0 Å². The summed E-state index contributed by atoms with van der Waals surface area (Å²) in [5.41, 5.74) is 6.54. The molecule has 1 aliphatic heterocycles. The molecule has 21 heavy (non-hydrogen) atoms. The topological polar surface area (TPSA) is 38.5 Å². The molecule has 1 aromatic rings. The third-order valence-corrected chi connectivity index (χ3v) is 3.84. The average molecular weight is 302 g/mol. The standard InChI is InChI=1S/C15H21F3N2O/c1-11(19)13-7-4-5-9-20(13)10-12-6-2-3-8-14(12)21-15(16,17)18/h2-3,6,8,11,13H,4-5,7,9-10,19H2,1H3. The summed E-state index contributed by atoms with van der Waals surface area (Å²) in [6, 6.07) is 6.51. The number of nitrogens with two attached hydrogens (primary N) is 1. The van der Waals surface area contributed by atoms with Crippen molar-refractivity contribution in [2.75, 3.05) is 6.54 Å². The lowest BCUT2D eigenvalue weighted by Crippen LogP contribution is -2.48. The Morgan fingerprint density at radius 3 is 2.71 bits per heavy atom. The van der Waals surface area contributed by atoms with Crippen LogP contribution in [-0.4, -0.2) is 29.9 Å².